The summed E-state index contributed by atoms with van der Waals surface area (Å²) in [5.74, 6) is -4.81. The first-order valence-corrected chi connectivity index (χ1v) is 5.78. The van der Waals surface area contributed by atoms with Gasteiger partial charge in [-0.2, -0.15) is 10.5 Å². The monoisotopic (exact) mass is 260 g/mol. The molecule has 1 aromatic carbocycles. The molecule has 0 radical (unpaired) electrons. The van der Waals surface area contributed by atoms with Gasteiger partial charge in [-0.3, -0.25) is 4.79 Å². The van der Waals surface area contributed by atoms with Crippen LogP contribution < -0.4 is 0 Å². The maximum absolute atomic E-state index is 12.8. The minimum absolute atomic E-state index is 0.278. The number of carbonyl (C=O) groups excluding carboxylic acids is 1. The summed E-state index contributed by atoms with van der Waals surface area (Å²) < 4.78 is 25.6. The van der Waals surface area contributed by atoms with Crippen molar-refractivity contribution in [3.05, 3.63) is 35.4 Å². The molecule has 1 aliphatic carbocycles. The van der Waals surface area contributed by atoms with E-state index >= 15 is 0 Å². The fourth-order valence-electron chi connectivity index (χ4n) is 2.21. The van der Waals surface area contributed by atoms with Gasteiger partial charge in [0.15, 0.2) is 5.78 Å². The Hall–Kier alpha value is -2.27. The molecule has 19 heavy (non-hydrogen) atoms. The average molecular weight is 260 g/mol. The van der Waals surface area contributed by atoms with Crippen molar-refractivity contribution in [2.75, 3.05) is 0 Å². The standard InChI is InChI=1S/C14H10F2N2O/c15-14(16)5-11(6-14)12(8-18)13(19)10-3-1-9(7-17)2-4-10/h1-4,11-12H,5-6H2. The molecule has 0 heterocycles. The second-order valence-electron chi connectivity index (χ2n) is 4.68. The zero-order valence-corrected chi connectivity index (χ0v) is 9.94. The number of rotatable bonds is 3. The molecule has 1 atom stereocenters. The average Bonchev–Trinajstić information content (AvgIpc) is 2.37. The van der Waals surface area contributed by atoms with Crippen LogP contribution in [-0.2, 0) is 0 Å². The van der Waals surface area contributed by atoms with Crippen LogP contribution >= 0.6 is 0 Å². The lowest BCUT2D eigenvalue weighted by molar-refractivity contribution is -0.116. The van der Waals surface area contributed by atoms with Gasteiger partial charge >= 0.3 is 0 Å². The second kappa shape index (κ2) is 4.78. The number of hydrogen-bond acceptors (Lipinski definition) is 3. The van der Waals surface area contributed by atoms with Gasteiger partial charge in [0.2, 0.25) is 5.92 Å². The molecule has 2 rings (SSSR count). The number of alkyl halides is 2. The highest BCUT2D eigenvalue weighted by Crippen LogP contribution is 2.46. The van der Waals surface area contributed by atoms with E-state index in [9.17, 15) is 13.6 Å². The fourth-order valence-corrected chi connectivity index (χ4v) is 2.21. The number of hydrogen-bond donors (Lipinski definition) is 0. The van der Waals surface area contributed by atoms with Crippen LogP contribution in [0.2, 0.25) is 0 Å². The number of halogens is 2. The summed E-state index contributed by atoms with van der Waals surface area (Å²) in [6.07, 6.45) is -0.819. The fraction of sp³-hybridized carbons (Fsp3) is 0.357. The number of ketones is 1. The molecule has 0 amide bonds. The predicted octanol–water partition coefficient (Wildman–Crippen LogP) is 2.93. The van der Waals surface area contributed by atoms with Crippen LogP contribution in [0.25, 0.3) is 0 Å². The van der Waals surface area contributed by atoms with Gasteiger partial charge in [-0.1, -0.05) is 12.1 Å². The van der Waals surface area contributed by atoms with Gasteiger partial charge in [0.05, 0.1) is 17.7 Å². The summed E-state index contributed by atoms with van der Waals surface area (Å²) in [4.78, 5) is 12.1. The van der Waals surface area contributed by atoms with Crippen LogP contribution in [0.5, 0.6) is 0 Å². The molecule has 1 aliphatic rings. The Bertz CT molecular complexity index is 573. The smallest absolute Gasteiger partial charge is 0.248 e. The lowest BCUT2D eigenvalue weighted by Crippen LogP contribution is -2.41. The van der Waals surface area contributed by atoms with E-state index in [1.807, 2.05) is 12.1 Å². The van der Waals surface area contributed by atoms with Crippen LogP contribution in [0.4, 0.5) is 8.78 Å². The number of nitrogens with zero attached hydrogens (tertiary/aromatic N) is 2. The Morgan fingerprint density at radius 1 is 1.26 bits per heavy atom. The minimum atomic E-state index is -2.75. The first kappa shape index (κ1) is 13.2. The third kappa shape index (κ3) is 2.61. The van der Waals surface area contributed by atoms with Gasteiger partial charge in [0, 0.05) is 18.4 Å². The zero-order chi connectivity index (χ0) is 14.0. The highest BCUT2D eigenvalue weighted by atomic mass is 19.3. The van der Waals surface area contributed by atoms with E-state index in [0.29, 0.717) is 5.56 Å². The molecule has 0 aromatic heterocycles. The molecule has 1 fully saturated rings. The molecule has 0 bridgehead atoms. The van der Waals surface area contributed by atoms with E-state index in [-0.39, 0.29) is 5.56 Å². The van der Waals surface area contributed by atoms with Crippen LogP contribution in [-0.4, -0.2) is 11.7 Å². The molecule has 0 saturated heterocycles. The van der Waals surface area contributed by atoms with Crippen molar-refractivity contribution < 1.29 is 13.6 Å². The summed E-state index contributed by atoms with van der Waals surface area (Å²) in [6.45, 7) is 0. The Morgan fingerprint density at radius 3 is 2.26 bits per heavy atom. The normalized spacial score (nSPS) is 18.7. The summed E-state index contributed by atoms with van der Waals surface area (Å²) >= 11 is 0. The lowest BCUT2D eigenvalue weighted by atomic mass is 9.71. The topological polar surface area (TPSA) is 64.7 Å². The summed E-state index contributed by atoms with van der Waals surface area (Å²) in [7, 11) is 0. The maximum Gasteiger partial charge on any atom is 0.248 e. The largest absolute Gasteiger partial charge is 0.293 e. The van der Waals surface area contributed by atoms with Gasteiger partial charge in [-0.15, -0.1) is 0 Å². The third-order valence-electron chi connectivity index (χ3n) is 3.31. The molecule has 3 nitrogen and oxygen atoms in total. The minimum Gasteiger partial charge on any atom is -0.293 e. The Morgan fingerprint density at radius 2 is 1.84 bits per heavy atom. The summed E-state index contributed by atoms with van der Waals surface area (Å²) in [5.41, 5.74) is 0.681. The van der Waals surface area contributed by atoms with E-state index in [1.165, 1.54) is 24.3 Å². The van der Waals surface area contributed by atoms with E-state index in [0.717, 1.165) is 0 Å². The van der Waals surface area contributed by atoms with Gasteiger partial charge in [-0.25, -0.2) is 8.78 Å². The van der Waals surface area contributed by atoms with E-state index in [2.05, 4.69) is 0 Å². The van der Waals surface area contributed by atoms with Gasteiger partial charge in [0.25, 0.3) is 0 Å². The molecule has 0 spiro atoms. The second-order valence-corrected chi connectivity index (χ2v) is 4.68. The van der Waals surface area contributed by atoms with Crippen molar-refractivity contribution in [3.8, 4) is 12.1 Å². The SMILES string of the molecule is N#Cc1ccc(C(=O)C(C#N)C2CC(F)(F)C2)cc1. The van der Waals surface area contributed by atoms with Crippen LogP contribution in [0.3, 0.4) is 0 Å². The Labute approximate surface area is 109 Å². The molecule has 96 valence electrons. The molecule has 1 aromatic rings. The molecule has 0 aliphatic heterocycles. The quantitative estimate of drug-likeness (QED) is 0.785. The summed E-state index contributed by atoms with van der Waals surface area (Å²) in [5, 5.41) is 17.6. The Kier molecular flexibility index (Phi) is 3.31. The van der Waals surface area contributed by atoms with Crippen LogP contribution in [0.1, 0.15) is 28.8 Å². The molecule has 1 saturated carbocycles. The van der Waals surface area contributed by atoms with Gasteiger partial charge < -0.3 is 0 Å². The molecular formula is C14H10F2N2O. The lowest BCUT2D eigenvalue weighted by Gasteiger charge is -2.36. The van der Waals surface area contributed by atoms with Crippen molar-refractivity contribution in [1.82, 2.24) is 0 Å². The van der Waals surface area contributed by atoms with Gasteiger partial charge in [0.1, 0.15) is 5.92 Å². The number of carbonyl (C=O) groups is 1. The molecular weight excluding hydrogens is 250 g/mol. The van der Waals surface area contributed by atoms with E-state index in [1.54, 1.807) is 0 Å². The Balaban J connectivity index is 2.13. The first-order valence-electron chi connectivity index (χ1n) is 5.78. The van der Waals surface area contributed by atoms with Gasteiger partial charge in [-0.05, 0) is 18.1 Å². The number of benzene rings is 1. The van der Waals surface area contributed by atoms with E-state index < -0.39 is 36.4 Å². The van der Waals surface area contributed by atoms with Crippen molar-refractivity contribution >= 4 is 5.78 Å². The van der Waals surface area contributed by atoms with E-state index in [4.69, 9.17) is 10.5 Å². The highest BCUT2D eigenvalue weighted by Gasteiger charge is 2.50. The van der Waals surface area contributed by atoms with Crippen LogP contribution in [0, 0.1) is 34.5 Å². The highest BCUT2D eigenvalue weighted by molar-refractivity contribution is 5.99. The summed E-state index contributed by atoms with van der Waals surface area (Å²) in [6, 6.07) is 9.57. The van der Waals surface area contributed by atoms with Crippen LogP contribution in [0.15, 0.2) is 24.3 Å². The molecule has 1 unspecified atom stereocenters. The van der Waals surface area contributed by atoms with Crippen molar-refractivity contribution in [2.45, 2.75) is 18.8 Å². The van der Waals surface area contributed by atoms with Crippen molar-refractivity contribution in [3.63, 3.8) is 0 Å². The molecule has 0 N–H and O–H groups in total. The third-order valence-corrected chi connectivity index (χ3v) is 3.31. The zero-order valence-electron chi connectivity index (χ0n) is 9.94. The number of nitriles is 2. The predicted molar refractivity (Wildman–Crippen MR) is 62.3 cm³/mol. The first-order chi connectivity index (χ1) is 8.96. The molecule has 5 heteroatoms. The van der Waals surface area contributed by atoms with Crippen molar-refractivity contribution in [2.24, 2.45) is 11.8 Å². The number of Topliss-reactive ketones (excluding diaryl/α,β-unsaturated/α-hetero) is 1. The maximum atomic E-state index is 12.8. The van der Waals surface area contributed by atoms with Crippen molar-refractivity contribution in [1.29, 1.82) is 10.5 Å².